The summed E-state index contributed by atoms with van der Waals surface area (Å²) in [7, 11) is 2.09. The first-order valence-electron chi connectivity index (χ1n) is 8.21. The summed E-state index contributed by atoms with van der Waals surface area (Å²) in [6.07, 6.45) is 2.09. The zero-order chi connectivity index (χ0) is 16.5. The average Bonchev–Trinajstić information content (AvgIpc) is 2.60. The van der Waals surface area contributed by atoms with Crippen LogP contribution in [-0.4, -0.2) is 0 Å². The minimum absolute atomic E-state index is 1.25. The Morgan fingerprint density at radius 1 is 0.727 bits per heavy atom. The van der Waals surface area contributed by atoms with E-state index >= 15 is 0 Å². The van der Waals surface area contributed by atoms with Gasteiger partial charge in [-0.05, 0) is 35.4 Å². The van der Waals surface area contributed by atoms with Gasteiger partial charge < -0.3 is 0 Å². The van der Waals surface area contributed by atoms with Gasteiger partial charge in [-0.15, -0.1) is 0 Å². The molecular weight excluding hydrogens is 266 g/mol. The summed E-state index contributed by atoms with van der Waals surface area (Å²) in [6.45, 7) is 10.2. The number of rotatable bonds is 1. The fourth-order valence-corrected chi connectivity index (χ4v) is 2.51. The molecule has 0 saturated carbocycles. The van der Waals surface area contributed by atoms with Gasteiger partial charge in [0.15, 0.2) is 6.20 Å². The first-order valence-corrected chi connectivity index (χ1v) is 8.21. The van der Waals surface area contributed by atoms with Gasteiger partial charge in [0.2, 0.25) is 5.69 Å². The van der Waals surface area contributed by atoms with Crippen LogP contribution in [0.1, 0.15) is 33.3 Å². The van der Waals surface area contributed by atoms with Crippen LogP contribution in [0.4, 0.5) is 0 Å². The van der Waals surface area contributed by atoms with Crippen LogP contribution in [0.15, 0.2) is 60.8 Å². The minimum Gasteiger partial charge on any atom is -0.201 e. The maximum Gasteiger partial charge on any atom is 0.212 e. The standard InChI is InChI=1S/C17H16N.2C2H6/c1-13-15-8-4-3-7-14(15)10-11-16(13)17-9-5-6-12-18(17)2;2*1-2/h3-12H,1-2H3;2*1-2H3/q+1;;. The van der Waals surface area contributed by atoms with Gasteiger partial charge in [0.05, 0.1) is 0 Å². The molecule has 116 valence electrons. The summed E-state index contributed by atoms with van der Waals surface area (Å²) in [5, 5.41) is 2.64. The lowest BCUT2D eigenvalue weighted by Crippen LogP contribution is -2.30. The maximum absolute atomic E-state index is 2.22. The molecule has 0 unspecified atom stereocenters. The molecule has 0 saturated heterocycles. The lowest BCUT2D eigenvalue weighted by atomic mass is 9.98. The van der Waals surface area contributed by atoms with E-state index in [9.17, 15) is 0 Å². The number of pyridine rings is 1. The van der Waals surface area contributed by atoms with E-state index in [0.717, 1.165) is 0 Å². The number of aryl methyl sites for hydroxylation is 2. The Bertz CT molecular complexity index is 714. The Hall–Kier alpha value is -2.15. The van der Waals surface area contributed by atoms with Crippen LogP contribution in [0.2, 0.25) is 0 Å². The lowest BCUT2D eigenvalue weighted by Gasteiger charge is -2.07. The molecule has 1 aromatic heterocycles. The summed E-state index contributed by atoms with van der Waals surface area (Å²) in [5.41, 5.74) is 3.90. The summed E-state index contributed by atoms with van der Waals surface area (Å²) >= 11 is 0. The van der Waals surface area contributed by atoms with E-state index in [1.165, 1.54) is 27.6 Å². The summed E-state index contributed by atoms with van der Waals surface area (Å²) in [6, 6.07) is 19.3. The molecule has 3 aromatic rings. The van der Waals surface area contributed by atoms with E-state index in [1.807, 2.05) is 27.7 Å². The zero-order valence-corrected chi connectivity index (χ0v) is 14.7. The van der Waals surface area contributed by atoms with Crippen molar-refractivity contribution in [1.29, 1.82) is 0 Å². The predicted molar refractivity (Wildman–Crippen MR) is 98.0 cm³/mol. The van der Waals surface area contributed by atoms with E-state index in [2.05, 4.69) is 79.3 Å². The van der Waals surface area contributed by atoms with Crippen LogP contribution >= 0.6 is 0 Å². The maximum atomic E-state index is 2.22. The fourth-order valence-electron chi connectivity index (χ4n) is 2.51. The third kappa shape index (κ3) is 3.73. The monoisotopic (exact) mass is 294 g/mol. The smallest absolute Gasteiger partial charge is 0.201 e. The minimum atomic E-state index is 1.25. The van der Waals surface area contributed by atoms with Crippen LogP contribution in [0, 0.1) is 6.92 Å². The number of fused-ring (bicyclic) bond motifs is 1. The Kier molecular flexibility index (Phi) is 7.31. The second-order valence-corrected chi connectivity index (χ2v) is 4.66. The first kappa shape index (κ1) is 17.9. The first-order chi connectivity index (χ1) is 10.8. The molecule has 1 heterocycles. The molecule has 0 aliphatic carbocycles. The van der Waals surface area contributed by atoms with Gasteiger partial charge >= 0.3 is 0 Å². The summed E-state index contributed by atoms with van der Waals surface area (Å²) in [4.78, 5) is 0. The number of nitrogens with zero attached hydrogens (tertiary/aromatic N) is 1. The lowest BCUT2D eigenvalue weighted by molar-refractivity contribution is -0.660. The molecule has 1 heteroatoms. The SMILES string of the molecule is CC.CC.Cc1c(-c2cccc[n+]2C)ccc2ccccc12. The zero-order valence-electron chi connectivity index (χ0n) is 14.7. The average molecular weight is 294 g/mol. The van der Waals surface area contributed by atoms with E-state index in [4.69, 9.17) is 0 Å². The van der Waals surface area contributed by atoms with Crippen molar-refractivity contribution in [3.63, 3.8) is 0 Å². The molecule has 0 radical (unpaired) electrons. The molecule has 0 aliphatic heterocycles. The molecule has 0 bridgehead atoms. The molecule has 0 atom stereocenters. The predicted octanol–water partition coefficient (Wildman–Crippen LogP) is 5.69. The van der Waals surface area contributed by atoms with Gasteiger partial charge in [0.25, 0.3) is 0 Å². The molecule has 0 N–H and O–H groups in total. The normalized spacial score (nSPS) is 9.36. The Balaban J connectivity index is 0.000000561. The molecule has 0 aliphatic rings. The topological polar surface area (TPSA) is 3.88 Å². The van der Waals surface area contributed by atoms with Crippen molar-refractivity contribution in [3.8, 4) is 11.3 Å². The van der Waals surface area contributed by atoms with E-state index in [0.29, 0.717) is 0 Å². The van der Waals surface area contributed by atoms with Crippen LogP contribution in [-0.2, 0) is 7.05 Å². The van der Waals surface area contributed by atoms with E-state index in [1.54, 1.807) is 0 Å². The Morgan fingerprint density at radius 2 is 1.36 bits per heavy atom. The van der Waals surface area contributed by atoms with Crippen molar-refractivity contribution >= 4 is 10.8 Å². The third-order valence-corrected chi connectivity index (χ3v) is 3.53. The highest BCUT2D eigenvalue weighted by Crippen LogP contribution is 2.27. The van der Waals surface area contributed by atoms with Crippen LogP contribution < -0.4 is 4.57 Å². The molecule has 22 heavy (non-hydrogen) atoms. The number of aromatic nitrogens is 1. The van der Waals surface area contributed by atoms with Crippen molar-refractivity contribution in [3.05, 3.63) is 66.4 Å². The second-order valence-electron chi connectivity index (χ2n) is 4.66. The van der Waals surface area contributed by atoms with Crippen LogP contribution in [0.5, 0.6) is 0 Å². The van der Waals surface area contributed by atoms with Crippen LogP contribution in [0.25, 0.3) is 22.0 Å². The Labute approximate surface area is 135 Å². The van der Waals surface area contributed by atoms with Gasteiger partial charge in [0, 0.05) is 17.7 Å². The van der Waals surface area contributed by atoms with Crippen molar-refractivity contribution in [2.75, 3.05) is 0 Å². The highest BCUT2D eigenvalue weighted by atomic mass is 14.9. The van der Waals surface area contributed by atoms with E-state index in [-0.39, 0.29) is 0 Å². The number of hydrogen-bond donors (Lipinski definition) is 0. The van der Waals surface area contributed by atoms with E-state index < -0.39 is 0 Å². The molecule has 0 fully saturated rings. The Morgan fingerprint density at radius 3 is 2.05 bits per heavy atom. The van der Waals surface area contributed by atoms with Gasteiger partial charge in [-0.25, -0.2) is 4.57 Å². The molecule has 0 amide bonds. The summed E-state index contributed by atoms with van der Waals surface area (Å²) in [5.74, 6) is 0. The fraction of sp³-hybridized carbons (Fsp3) is 0.286. The molecule has 3 rings (SSSR count). The van der Waals surface area contributed by atoms with Gasteiger partial charge in [-0.3, -0.25) is 0 Å². The van der Waals surface area contributed by atoms with Crippen LogP contribution in [0.3, 0.4) is 0 Å². The third-order valence-electron chi connectivity index (χ3n) is 3.53. The molecule has 0 spiro atoms. The second kappa shape index (κ2) is 8.99. The number of hydrogen-bond acceptors (Lipinski definition) is 0. The van der Waals surface area contributed by atoms with Gasteiger partial charge in [0.1, 0.15) is 7.05 Å². The van der Waals surface area contributed by atoms with Crippen molar-refractivity contribution in [2.45, 2.75) is 34.6 Å². The van der Waals surface area contributed by atoms with Crippen molar-refractivity contribution in [2.24, 2.45) is 7.05 Å². The largest absolute Gasteiger partial charge is 0.212 e. The van der Waals surface area contributed by atoms with Crippen molar-refractivity contribution in [1.82, 2.24) is 0 Å². The highest BCUT2D eigenvalue weighted by molar-refractivity contribution is 5.90. The number of benzene rings is 2. The quantitative estimate of drug-likeness (QED) is 0.507. The van der Waals surface area contributed by atoms with Gasteiger partial charge in [-0.1, -0.05) is 58.0 Å². The van der Waals surface area contributed by atoms with Gasteiger partial charge in [-0.2, -0.15) is 0 Å². The molecular formula is C21H28N+. The van der Waals surface area contributed by atoms with Crippen molar-refractivity contribution < 1.29 is 4.57 Å². The molecule has 1 nitrogen and oxygen atoms in total. The molecule has 2 aromatic carbocycles. The highest BCUT2D eigenvalue weighted by Gasteiger charge is 2.12. The summed E-state index contributed by atoms with van der Waals surface area (Å²) < 4.78 is 2.16.